The third-order valence-corrected chi connectivity index (χ3v) is 3.32. The molecule has 0 saturated heterocycles. The third kappa shape index (κ3) is 3.08. The van der Waals surface area contributed by atoms with Crippen molar-refractivity contribution >= 4 is 11.3 Å². The van der Waals surface area contributed by atoms with Gasteiger partial charge in [0.25, 0.3) is 0 Å². The normalized spacial score (nSPS) is 12.4. The van der Waals surface area contributed by atoms with Gasteiger partial charge in [-0.05, 0) is 48.4 Å². The van der Waals surface area contributed by atoms with Crippen LogP contribution in [-0.2, 0) is 6.61 Å². The Balaban J connectivity index is 2.14. The van der Waals surface area contributed by atoms with E-state index >= 15 is 0 Å². The van der Waals surface area contributed by atoms with Crippen LogP contribution >= 0.6 is 11.3 Å². The van der Waals surface area contributed by atoms with Gasteiger partial charge in [0, 0.05) is 5.56 Å². The van der Waals surface area contributed by atoms with Crippen molar-refractivity contribution in [3.05, 3.63) is 51.7 Å². The quantitative estimate of drug-likeness (QED) is 0.894. The van der Waals surface area contributed by atoms with Gasteiger partial charge in [-0.3, -0.25) is 0 Å². The second kappa shape index (κ2) is 5.34. The van der Waals surface area contributed by atoms with E-state index in [1.165, 1.54) is 0 Å². The van der Waals surface area contributed by atoms with Gasteiger partial charge in [-0.15, -0.1) is 0 Å². The highest BCUT2D eigenvalue weighted by atomic mass is 32.1. The summed E-state index contributed by atoms with van der Waals surface area (Å²) >= 11 is 1.66. The first-order valence-corrected chi connectivity index (χ1v) is 6.53. The number of benzene rings is 1. The van der Waals surface area contributed by atoms with E-state index in [-0.39, 0.29) is 0 Å². The van der Waals surface area contributed by atoms with Gasteiger partial charge in [0.05, 0.1) is 6.10 Å². The zero-order chi connectivity index (χ0) is 12.3. The molecule has 2 aromatic rings. The van der Waals surface area contributed by atoms with Crippen LogP contribution in [0.15, 0.2) is 35.0 Å². The zero-order valence-electron chi connectivity index (χ0n) is 10.0. The number of aliphatic hydroxyl groups excluding tert-OH is 1. The molecule has 1 heterocycles. The first-order valence-electron chi connectivity index (χ1n) is 5.59. The molecule has 2 rings (SSSR count). The van der Waals surface area contributed by atoms with Crippen molar-refractivity contribution in [3.63, 3.8) is 0 Å². The van der Waals surface area contributed by atoms with Crippen LogP contribution in [0.2, 0.25) is 0 Å². The Morgan fingerprint density at radius 3 is 2.82 bits per heavy atom. The Morgan fingerprint density at radius 1 is 1.35 bits per heavy atom. The summed E-state index contributed by atoms with van der Waals surface area (Å²) in [6.07, 6.45) is -0.507. The average molecular weight is 248 g/mol. The third-order valence-electron chi connectivity index (χ3n) is 2.59. The number of ether oxygens (including phenoxy) is 1. The summed E-state index contributed by atoms with van der Waals surface area (Å²) in [4.78, 5) is 0. The molecule has 17 heavy (non-hydrogen) atoms. The van der Waals surface area contributed by atoms with Crippen molar-refractivity contribution in [3.8, 4) is 5.75 Å². The second-order valence-electron chi connectivity index (χ2n) is 4.14. The maximum Gasteiger partial charge on any atom is 0.125 e. The van der Waals surface area contributed by atoms with Crippen LogP contribution in [0, 0.1) is 6.92 Å². The standard InChI is InChI=1S/C14H16O2S/c1-10-3-4-14(13(7-10)11(2)15)16-8-12-5-6-17-9-12/h3-7,9,11,15H,8H2,1-2H3/t11-/m0/s1. The van der Waals surface area contributed by atoms with Crippen LogP contribution in [0.4, 0.5) is 0 Å². The molecule has 0 amide bonds. The molecule has 3 heteroatoms. The molecular weight excluding hydrogens is 232 g/mol. The van der Waals surface area contributed by atoms with Gasteiger partial charge in [-0.25, -0.2) is 0 Å². The van der Waals surface area contributed by atoms with E-state index in [0.717, 1.165) is 22.4 Å². The van der Waals surface area contributed by atoms with Crippen LogP contribution in [-0.4, -0.2) is 5.11 Å². The molecule has 0 radical (unpaired) electrons. The molecule has 1 aromatic carbocycles. The minimum absolute atomic E-state index is 0.507. The number of thiophene rings is 1. The van der Waals surface area contributed by atoms with Gasteiger partial charge < -0.3 is 9.84 Å². The molecule has 1 aromatic heterocycles. The van der Waals surface area contributed by atoms with Gasteiger partial charge in [0.1, 0.15) is 12.4 Å². The minimum Gasteiger partial charge on any atom is -0.488 e. The van der Waals surface area contributed by atoms with Crippen LogP contribution in [0.1, 0.15) is 29.7 Å². The molecule has 0 spiro atoms. The molecule has 1 atom stereocenters. The zero-order valence-corrected chi connectivity index (χ0v) is 10.8. The summed E-state index contributed by atoms with van der Waals surface area (Å²) in [5.74, 6) is 0.761. The fraction of sp³-hybridized carbons (Fsp3) is 0.286. The van der Waals surface area contributed by atoms with Crippen molar-refractivity contribution in [1.82, 2.24) is 0 Å². The van der Waals surface area contributed by atoms with E-state index in [2.05, 4.69) is 5.38 Å². The highest BCUT2D eigenvalue weighted by molar-refractivity contribution is 7.07. The van der Waals surface area contributed by atoms with E-state index in [1.54, 1.807) is 18.3 Å². The number of hydrogen-bond donors (Lipinski definition) is 1. The average Bonchev–Trinajstić information content (AvgIpc) is 2.80. The number of aryl methyl sites for hydroxylation is 1. The molecule has 0 fully saturated rings. The minimum atomic E-state index is -0.507. The maximum atomic E-state index is 9.71. The largest absolute Gasteiger partial charge is 0.488 e. The van der Waals surface area contributed by atoms with Crippen LogP contribution in [0.3, 0.4) is 0 Å². The number of aliphatic hydroxyl groups is 1. The summed E-state index contributed by atoms with van der Waals surface area (Å²) in [6.45, 7) is 4.31. The topological polar surface area (TPSA) is 29.5 Å². The summed E-state index contributed by atoms with van der Waals surface area (Å²) in [5.41, 5.74) is 3.14. The highest BCUT2D eigenvalue weighted by Gasteiger charge is 2.09. The number of rotatable bonds is 4. The van der Waals surface area contributed by atoms with Crippen LogP contribution in [0.25, 0.3) is 0 Å². The van der Waals surface area contributed by atoms with E-state index in [1.807, 2.05) is 36.6 Å². The Labute approximate surface area is 105 Å². The lowest BCUT2D eigenvalue weighted by atomic mass is 10.1. The van der Waals surface area contributed by atoms with Gasteiger partial charge in [-0.1, -0.05) is 11.6 Å². The first kappa shape index (κ1) is 12.1. The molecule has 0 bridgehead atoms. The summed E-state index contributed by atoms with van der Waals surface area (Å²) in [7, 11) is 0. The predicted molar refractivity (Wildman–Crippen MR) is 70.5 cm³/mol. The molecule has 1 N–H and O–H groups in total. The lowest BCUT2D eigenvalue weighted by molar-refractivity contribution is 0.190. The lowest BCUT2D eigenvalue weighted by Gasteiger charge is -2.13. The summed E-state index contributed by atoms with van der Waals surface area (Å²) in [5, 5.41) is 13.8. The monoisotopic (exact) mass is 248 g/mol. The van der Waals surface area contributed by atoms with E-state index in [4.69, 9.17) is 4.74 Å². The van der Waals surface area contributed by atoms with Crippen molar-refractivity contribution < 1.29 is 9.84 Å². The predicted octanol–water partition coefficient (Wildman–Crippen LogP) is 3.69. The van der Waals surface area contributed by atoms with Crippen molar-refractivity contribution in [2.24, 2.45) is 0 Å². The van der Waals surface area contributed by atoms with Gasteiger partial charge in [-0.2, -0.15) is 11.3 Å². The fourth-order valence-electron chi connectivity index (χ4n) is 1.66. The van der Waals surface area contributed by atoms with Gasteiger partial charge in [0.2, 0.25) is 0 Å². The van der Waals surface area contributed by atoms with Crippen LogP contribution < -0.4 is 4.74 Å². The second-order valence-corrected chi connectivity index (χ2v) is 4.92. The van der Waals surface area contributed by atoms with E-state index < -0.39 is 6.10 Å². The van der Waals surface area contributed by atoms with Crippen LogP contribution in [0.5, 0.6) is 5.75 Å². The molecule has 0 unspecified atom stereocenters. The molecule has 0 saturated carbocycles. The van der Waals surface area contributed by atoms with Crippen molar-refractivity contribution in [2.75, 3.05) is 0 Å². The SMILES string of the molecule is Cc1ccc(OCc2ccsc2)c([C@H](C)O)c1. The molecule has 2 nitrogen and oxygen atoms in total. The maximum absolute atomic E-state index is 9.71. The highest BCUT2D eigenvalue weighted by Crippen LogP contribution is 2.27. The molecule has 0 aliphatic carbocycles. The smallest absolute Gasteiger partial charge is 0.125 e. The van der Waals surface area contributed by atoms with Crippen molar-refractivity contribution in [2.45, 2.75) is 26.6 Å². The van der Waals surface area contributed by atoms with E-state index in [0.29, 0.717) is 6.61 Å². The molecular formula is C14H16O2S. The fourth-order valence-corrected chi connectivity index (χ4v) is 2.31. The lowest BCUT2D eigenvalue weighted by Crippen LogP contribution is -2.00. The van der Waals surface area contributed by atoms with E-state index in [9.17, 15) is 5.11 Å². The summed E-state index contributed by atoms with van der Waals surface area (Å²) < 4.78 is 5.74. The van der Waals surface area contributed by atoms with Crippen molar-refractivity contribution in [1.29, 1.82) is 0 Å². The van der Waals surface area contributed by atoms with Gasteiger partial charge in [0.15, 0.2) is 0 Å². The molecule has 90 valence electrons. The number of hydrogen-bond acceptors (Lipinski definition) is 3. The summed E-state index contributed by atoms with van der Waals surface area (Å²) in [6, 6.07) is 7.92. The first-order chi connectivity index (χ1) is 8.16. The Kier molecular flexibility index (Phi) is 3.82. The van der Waals surface area contributed by atoms with Gasteiger partial charge >= 0.3 is 0 Å². The Morgan fingerprint density at radius 2 is 2.18 bits per heavy atom. The molecule has 0 aliphatic rings. The Bertz CT molecular complexity index is 475. The molecule has 0 aliphatic heterocycles. The Hall–Kier alpha value is -1.32.